The largest absolute Gasteiger partial charge is 0.392 e. The molecule has 0 aliphatic rings. The first kappa shape index (κ1) is 11.4. The number of benzene rings is 2. The van der Waals surface area contributed by atoms with E-state index in [2.05, 4.69) is 21.1 Å². The van der Waals surface area contributed by atoms with Crippen LogP contribution in [-0.4, -0.2) is 10.3 Å². The smallest absolute Gasteiger partial charge is 0.167 e. The molecule has 0 saturated carbocycles. The van der Waals surface area contributed by atoms with Crippen LogP contribution in [0.2, 0.25) is 0 Å². The van der Waals surface area contributed by atoms with Crippen LogP contribution in [0.15, 0.2) is 51.5 Å². The maximum Gasteiger partial charge on any atom is 0.167 e. The third-order valence-corrected chi connectivity index (χ3v) is 3.37. The first-order valence-electron chi connectivity index (χ1n) is 5.53. The van der Waals surface area contributed by atoms with E-state index in [-0.39, 0.29) is 6.61 Å². The van der Waals surface area contributed by atoms with Gasteiger partial charge in [0.1, 0.15) is 5.69 Å². The minimum Gasteiger partial charge on any atom is -0.392 e. The van der Waals surface area contributed by atoms with Gasteiger partial charge >= 0.3 is 0 Å². The van der Waals surface area contributed by atoms with Crippen molar-refractivity contribution in [3.8, 4) is 11.3 Å². The van der Waals surface area contributed by atoms with Gasteiger partial charge in [-0.05, 0) is 29.8 Å². The Morgan fingerprint density at radius 2 is 2.00 bits per heavy atom. The molecule has 0 amide bonds. The van der Waals surface area contributed by atoms with Crippen molar-refractivity contribution in [1.29, 1.82) is 0 Å². The van der Waals surface area contributed by atoms with Gasteiger partial charge in [0.25, 0.3) is 0 Å². The van der Waals surface area contributed by atoms with Crippen LogP contribution in [0, 0.1) is 0 Å². The number of aliphatic hydroxyl groups excluding tert-OH is 1. The van der Waals surface area contributed by atoms with E-state index in [1.807, 2.05) is 42.5 Å². The van der Waals surface area contributed by atoms with Gasteiger partial charge in [-0.25, -0.2) is 0 Å². The van der Waals surface area contributed by atoms with Crippen molar-refractivity contribution >= 4 is 26.9 Å². The maximum absolute atomic E-state index is 9.41. The van der Waals surface area contributed by atoms with Crippen molar-refractivity contribution in [3.63, 3.8) is 0 Å². The molecule has 90 valence electrons. The fraction of sp³-hybridized carbons (Fsp3) is 0.0714. The second-order valence-electron chi connectivity index (χ2n) is 3.99. The minimum atomic E-state index is -0.0240. The van der Waals surface area contributed by atoms with E-state index in [0.717, 1.165) is 32.3 Å². The summed E-state index contributed by atoms with van der Waals surface area (Å²) in [6.07, 6.45) is 0. The Balaban J connectivity index is 2.29. The number of hydrogen-bond acceptors (Lipinski definition) is 3. The van der Waals surface area contributed by atoms with Crippen molar-refractivity contribution in [3.05, 3.63) is 52.5 Å². The fourth-order valence-electron chi connectivity index (χ4n) is 1.99. The van der Waals surface area contributed by atoms with Crippen LogP contribution in [0.3, 0.4) is 0 Å². The summed E-state index contributed by atoms with van der Waals surface area (Å²) in [4.78, 5) is 0. The third-order valence-electron chi connectivity index (χ3n) is 2.87. The lowest BCUT2D eigenvalue weighted by atomic mass is 10.0. The third kappa shape index (κ3) is 1.83. The zero-order valence-electron chi connectivity index (χ0n) is 9.43. The molecule has 18 heavy (non-hydrogen) atoms. The molecule has 0 spiro atoms. The van der Waals surface area contributed by atoms with Crippen molar-refractivity contribution in [2.45, 2.75) is 6.61 Å². The van der Waals surface area contributed by atoms with Crippen molar-refractivity contribution in [2.75, 3.05) is 0 Å². The summed E-state index contributed by atoms with van der Waals surface area (Å²) in [7, 11) is 0. The molecule has 1 N–H and O–H groups in total. The highest BCUT2D eigenvalue weighted by molar-refractivity contribution is 9.10. The van der Waals surface area contributed by atoms with Crippen LogP contribution < -0.4 is 0 Å². The standard InChI is InChI=1S/C14H10BrNO2/c15-10-6-5-9(8-17)12(7-10)14-11-3-1-2-4-13(11)18-16-14/h1-7,17H,8H2. The van der Waals surface area contributed by atoms with Crippen molar-refractivity contribution in [1.82, 2.24) is 5.16 Å². The normalized spacial score (nSPS) is 11.0. The van der Waals surface area contributed by atoms with Crippen LogP contribution in [0.4, 0.5) is 0 Å². The quantitative estimate of drug-likeness (QED) is 0.784. The molecule has 0 atom stereocenters. The number of halogens is 1. The van der Waals surface area contributed by atoms with Gasteiger partial charge < -0.3 is 9.63 Å². The van der Waals surface area contributed by atoms with E-state index in [0.29, 0.717) is 0 Å². The van der Waals surface area contributed by atoms with E-state index in [1.54, 1.807) is 0 Å². The molecular formula is C14H10BrNO2. The number of fused-ring (bicyclic) bond motifs is 1. The Labute approximate surface area is 112 Å². The van der Waals surface area contributed by atoms with E-state index in [9.17, 15) is 5.11 Å². The highest BCUT2D eigenvalue weighted by Crippen LogP contribution is 2.32. The lowest BCUT2D eigenvalue weighted by molar-refractivity contribution is 0.282. The zero-order valence-corrected chi connectivity index (χ0v) is 11.0. The molecule has 4 heteroatoms. The van der Waals surface area contributed by atoms with E-state index in [4.69, 9.17) is 4.52 Å². The number of rotatable bonds is 2. The van der Waals surface area contributed by atoms with Gasteiger partial charge in [0, 0.05) is 15.4 Å². The summed E-state index contributed by atoms with van der Waals surface area (Å²) in [5, 5.41) is 14.5. The summed E-state index contributed by atoms with van der Waals surface area (Å²) in [5.41, 5.74) is 3.22. The molecule has 3 nitrogen and oxygen atoms in total. The summed E-state index contributed by atoms with van der Waals surface area (Å²) in [6, 6.07) is 13.4. The Bertz CT molecular complexity index is 706. The van der Waals surface area contributed by atoms with Crippen LogP contribution in [-0.2, 0) is 6.61 Å². The Morgan fingerprint density at radius 3 is 2.83 bits per heavy atom. The molecule has 1 heterocycles. The Hall–Kier alpha value is -1.65. The molecule has 0 unspecified atom stereocenters. The second kappa shape index (κ2) is 4.55. The molecule has 0 aliphatic heterocycles. The van der Waals surface area contributed by atoms with Gasteiger partial charge in [0.05, 0.1) is 6.61 Å². The highest BCUT2D eigenvalue weighted by atomic mass is 79.9. The number of para-hydroxylation sites is 1. The minimum absolute atomic E-state index is 0.0240. The lowest BCUT2D eigenvalue weighted by Crippen LogP contribution is -1.90. The van der Waals surface area contributed by atoms with Crippen LogP contribution in [0.5, 0.6) is 0 Å². The first-order chi connectivity index (χ1) is 8.79. The lowest BCUT2D eigenvalue weighted by Gasteiger charge is -2.05. The highest BCUT2D eigenvalue weighted by Gasteiger charge is 2.13. The van der Waals surface area contributed by atoms with Crippen molar-refractivity contribution in [2.24, 2.45) is 0 Å². The molecule has 2 aromatic carbocycles. The second-order valence-corrected chi connectivity index (χ2v) is 4.90. The number of nitrogens with zero attached hydrogens (tertiary/aromatic N) is 1. The Morgan fingerprint density at radius 1 is 1.17 bits per heavy atom. The van der Waals surface area contributed by atoms with E-state index in [1.165, 1.54) is 0 Å². The van der Waals surface area contributed by atoms with Crippen molar-refractivity contribution < 1.29 is 9.63 Å². The summed E-state index contributed by atoms with van der Waals surface area (Å²) in [6.45, 7) is -0.0240. The van der Waals surface area contributed by atoms with Crippen LogP contribution in [0.1, 0.15) is 5.56 Å². The van der Waals surface area contributed by atoms with Gasteiger partial charge in [-0.2, -0.15) is 0 Å². The predicted molar refractivity (Wildman–Crippen MR) is 73.1 cm³/mol. The summed E-state index contributed by atoms with van der Waals surface area (Å²) in [5.74, 6) is 0. The topological polar surface area (TPSA) is 46.3 Å². The van der Waals surface area contributed by atoms with Gasteiger partial charge in [0.2, 0.25) is 0 Å². The number of hydrogen-bond donors (Lipinski definition) is 1. The maximum atomic E-state index is 9.41. The number of aromatic nitrogens is 1. The molecule has 0 fully saturated rings. The molecule has 0 radical (unpaired) electrons. The molecule has 0 saturated heterocycles. The Kier molecular flexibility index (Phi) is 2.89. The monoisotopic (exact) mass is 303 g/mol. The predicted octanol–water partition coefficient (Wildman–Crippen LogP) is 3.75. The SMILES string of the molecule is OCc1ccc(Br)cc1-c1noc2ccccc12. The molecule has 0 aliphatic carbocycles. The number of aliphatic hydroxyl groups is 1. The molecule has 1 aromatic heterocycles. The van der Waals surface area contributed by atoms with Gasteiger partial charge in [0.15, 0.2) is 5.58 Å². The summed E-state index contributed by atoms with van der Waals surface area (Å²) < 4.78 is 6.24. The first-order valence-corrected chi connectivity index (χ1v) is 6.33. The zero-order chi connectivity index (χ0) is 12.5. The average Bonchev–Trinajstić information content (AvgIpc) is 2.82. The molecule has 3 rings (SSSR count). The van der Waals surface area contributed by atoms with Gasteiger partial charge in [-0.1, -0.05) is 39.3 Å². The summed E-state index contributed by atoms with van der Waals surface area (Å²) >= 11 is 3.44. The van der Waals surface area contributed by atoms with Crippen LogP contribution in [0.25, 0.3) is 22.2 Å². The van der Waals surface area contributed by atoms with Gasteiger partial charge in [-0.15, -0.1) is 0 Å². The van der Waals surface area contributed by atoms with E-state index < -0.39 is 0 Å². The average molecular weight is 304 g/mol. The molecular weight excluding hydrogens is 294 g/mol. The van der Waals surface area contributed by atoms with E-state index >= 15 is 0 Å². The van der Waals surface area contributed by atoms with Gasteiger partial charge in [-0.3, -0.25) is 0 Å². The van der Waals surface area contributed by atoms with Crippen LogP contribution >= 0.6 is 15.9 Å². The fourth-order valence-corrected chi connectivity index (χ4v) is 2.35. The molecule has 3 aromatic rings. The molecule has 0 bridgehead atoms.